The summed E-state index contributed by atoms with van der Waals surface area (Å²) < 4.78 is 0. The summed E-state index contributed by atoms with van der Waals surface area (Å²) in [6.07, 6.45) is 1.72. The minimum absolute atomic E-state index is 0. The molecule has 3 fully saturated rings. The predicted octanol–water partition coefficient (Wildman–Crippen LogP) is 0.929. The lowest BCUT2D eigenvalue weighted by molar-refractivity contribution is -0.125. The van der Waals surface area contributed by atoms with Crippen LogP contribution in [0.25, 0.3) is 0 Å². The molecule has 3 aliphatic rings. The number of thioether (sulfide) groups is 1. The first-order valence-corrected chi connectivity index (χ1v) is 11.2. The molecule has 0 bridgehead atoms. The zero-order valence-electron chi connectivity index (χ0n) is 16.8. The molecule has 0 radical (unpaired) electrons. The maximum absolute atomic E-state index is 12.2. The minimum atomic E-state index is -0.787. The van der Waals surface area contributed by atoms with Crippen LogP contribution in [0.2, 0.25) is 0 Å². The maximum atomic E-state index is 12.2. The molecular weight excluding hydrogens is 491 g/mol. The number of likely N-dealkylation sites (tertiary alicyclic amines) is 1. The highest BCUT2D eigenvalue weighted by atomic mass is 127. The van der Waals surface area contributed by atoms with Crippen LogP contribution < -0.4 is 16.0 Å². The lowest BCUT2D eigenvalue weighted by Crippen LogP contribution is -2.55. The summed E-state index contributed by atoms with van der Waals surface area (Å²) in [6, 6.07) is -0.379. The Morgan fingerprint density at radius 2 is 1.93 bits per heavy atom. The number of rotatable bonds is 5. The van der Waals surface area contributed by atoms with Crippen LogP contribution >= 0.6 is 35.7 Å². The van der Waals surface area contributed by atoms with Crippen LogP contribution in [0, 0.1) is 5.92 Å². The molecule has 0 aliphatic carbocycles. The third kappa shape index (κ3) is 5.65. The molecule has 1 unspecified atom stereocenters. The second kappa shape index (κ2) is 10.9. The molecular formula is C18H33IN6O2S. The van der Waals surface area contributed by atoms with Gasteiger partial charge in [0.15, 0.2) is 5.96 Å². The van der Waals surface area contributed by atoms with E-state index in [2.05, 4.69) is 32.7 Å². The van der Waals surface area contributed by atoms with Crippen LogP contribution in [0.4, 0.5) is 4.79 Å². The molecule has 0 spiro atoms. The minimum Gasteiger partial charge on any atom is -0.357 e. The number of hydrogen-bond donors (Lipinski definition) is 3. The zero-order chi connectivity index (χ0) is 19.3. The number of nitrogens with zero attached hydrogens (tertiary/aromatic N) is 3. The number of aliphatic imine (C=N–C) groups is 1. The topological polar surface area (TPSA) is 89.1 Å². The number of hydrogen-bond acceptors (Lipinski definition) is 5. The van der Waals surface area contributed by atoms with Gasteiger partial charge in [0.25, 0.3) is 5.91 Å². The second-order valence-corrected chi connectivity index (χ2v) is 8.79. The van der Waals surface area contributed by atoms with E-state index in [0.29, 0.717) is 0 Å². The Bertz CT molecular complexity index is 578. The van der Waals surface area contributed by atoms with E-state index in [1.807, 2.05) is 18.7 Å². The van der Waals surface area contributed by atoms with Crippen LogP contribution in [0.5, 0.6) is 0 Å². The fourth-order valence-electron chi connectivity index (χ4n) is 4.06. The third-order valence-electron chi connectivity index (χ3n) is 5.80. The Hall–Kier alpha value is -0.750. The molecule has 0 aromatic heterocycles. The highest BCUT2D eigenvalue weighted by molar-refractivity contribution is 14.0. The van der Waals surface area contributed by atoms with Gasteiger partial charge in [-0.1, -0.05) is 0 Å². The first-order chi connectivity index (χ1) is 13.0. The van der Waals surface area contributed by atoms with Gasteiger partial charge in [-0.25, -0.2) is 4.79 Å². The molecule has 3 saturated heterocycles. The Balaban J connectivity index is 0.00000280. The smallest absolute Gasteiger partial charge is 0.322 e. The number of piperidine rings is 1. The molecule has 3 aliphatic heterocycles. The highest BCUT2D eigenvalue weighted by Gasteiger charge is 2.48. The zero-order valence-corrected chi connectivity index (χ0v) is 20.0. The van der Waals surface area contributed by atoms with E-state index in [0.717, 1.165) is 64.6 Å². The predicted molar refractivity (Wildman–Crippen MR) is 125 cm³/mol. The largest absolute Gasteiger partial charge is 0.357 e. The van der Waals surface area contributed by atoms with Crippen LogP contribution in [-0.4, -0.2) is 90.6 Å². The fraction of sp³-hybridized carbons (Fsp3) is 0.833. The average Bonchev–Trinajstić information content (AvgIpc) is 2.95. The molecule has 10 heteroatoms. The summed E-state index contributed by atoms with van der Waals surface area (Å²) in [5.74, 6) is 3.35. The molecule has 0 saturated carbocycles. The van der Waals surface area contributed by atoms with E-state index < -0.39 is 5.54 Å². The first-order valence-electron chi connectivity index (χ1n) is 10.00. The Morgan fingerprint density at radius 1 is 1.25 bits per heavy atom. The van der Waals surface area contributed by atoms with Gasteiger partial charge in [-0.15, -0.1) is 24.0 Å². The van der Waals surface area contributed by atoms with Crippen molar-refractivity contribution in [1.29, 1.82) is 0 Å². The normalized spacial score (nSPS) is 27.2. The van der Waals surface area contributed by atoms with Gasteiger partial charge in [0.05, 0.1) is 6.54 Å². The molecule has 0 aromatic rings. The van der Waals surface area contributed by atoms with Gasteiger partial charge in [-0.3, -0.25) is 20.0 Å². The van der Waals surface area contributed by atoms with Crippen molar-refractivity contribution in [2.45, 2.75) is 32.2 Å². The summed E-state index contributed by atoms with van der Waals surface area (Å²) in [6.45, 7) is 10.6. The summed E-state index contributed by atoms with van der Waals surface area (Å²) in [7, 11) is 0. The number of nitrogens with one attached hydrogen (secondary N) is 3. The van der Waals surface area contributed by atoms with Crippen LogP contribution in [0.15, 0.2) is 4.99 Å². The first kappa shape index (κ1) is 23.5. The van der Waals surface area contributed by atoms with Crippen LogP contribution in [0.3, 0.4) is 0 Å². The summed E-state index contributed by atoms with van der Waals surface area (Å²) in [4.78, 5) is 33.3. The van der Waals surface area contributed by atoms with Crippen molar-refractivity contribution < 1.29 is 9.59 Å². The molecule has 28 heavy (non-hydrogen) atoms. The molecule has 0 aromatic carbocycles. The second-order valence-electron chi connectivity index (χ2n) is 7.56. The monoisotopic (exact) mass is 524 g/mol. The number of imide groups is 1. The third-order valence-corrected chi connectivity index (χ3v) is 6.74. The molecule has 8 nitrogen and oxygen atoms in total. The lowest BCUT2D eigenvalue weighted by Gasteiger charge is -2.39. The summed E-state index contributed by atoms with van der Waals surface area (Å²) in [5, 5.41) is 8.60. The van der Waals surface area contributed by atoms with Crippen LogP contribution in [0.1, 0.15) is 26.7 Å². The van der Waals surface area contributed by atoms with E-state index in [-0.39, 0.29) is 41.8 Å². The van der Waals surface area contributed by atoms with E-state index in [1.54, 1.807) is 0 Å². The molecule has 3 amide bonds. The van der Waals surface area contributed by atoms with Crippen LogP contribution in [-0.2, 0) is 4.79 Å². The summed E-state index contributed by atoms with van der Waals surface area (Å²) in [5.41, 5.74) is -0.787. The van der Waals surface area contributed by atoms with Crippen molar-refractivity contribution in [2.75, 3.05) is 57.3 Å². The van der Waals surface area contributed by atoms with Crippen molar-refractivity contribution in [3.05, 3.63) is 0 Å². The van der Waals surface area contributed by atoms with Gasteiger partial charge in [-0.05, 0) is 32.6 Å². The Morgan fingerprint density at radius 3 is 2.50 bits per heavy atom. The lowest BCUT2D eigenvalue weighted by atomic mass is 9.79. The van der Waals surface area contributed by atoms with Crippen molar-refractivity contribution in [3.8, 4) is 0 Å². The van der Waals surface area contributed by atoms with Crippen molar-refractivity contribution >= 4 is 53.6 Å². The number of urea groups is 1. The number of carbonyl (C=O) groups excluding carboxylic acids is 2. The number of amides is 3. The van der Waals surface area contributed by atoms with Gasteiger partial charge in [0.2, 0.25) is 0 Å². The van der Waals surface area contributed by atoms with Crippen molar-refractivity contribution in [1.82, 2.24) is 25.8 Å². The fourth-order valence-corrected chi connectivity index (χ4v) is 5.04. The van der Waals surface area contributed by atoms with Gasteiger partial charge in [0.1, 0.15) is 5.54 Å². The van der Waals surface area contributed by atoms with Gasteiger partial charge in [0, 0.05) is 50.8 Å². The quantitative estimate of drug-likeness (QED) is 0.215. The molecule has 160 valence electrons. The van der Waals surface area contributed by atoms with E-state index in [4.69, 9.17) is 4.99 Å². The standard InChI is InChI=1S/C18H32N6O2S.HI/c1-3-19-16(20-6-9-23-10-12-27-13-11-23)24-7-4-14(5-8-24)18(2)15(25)21-17(26)22-18;/h14H,3-13H2,1-2H3,(H,19,20)(H2,21,22,25,26);1H. The van der Waals surface area contributed by atoms with E-state index in [9.17, 15) is 9.59 Å². The number of guanidine groups is 1. The van der Waals surface area contributed by atoms with Gasteiger partial charge < -0.3 is 15.5 Å². The highest BCUT2D eigenvalue weighted by Crippen LogP contribution is 2.30. The van der Waals surface area contributed by atoms with Gasteiger partial charge >= 0.3 is 6.03 Å². The average molecular weight is 524 g/mol. The van der Waals surface area contributed by atoms with Crippen molar-refractivity contribution in [3.63, 3.8) is 0 Å². The van der Waals surface area contributed by atoms with E-state index >= 15 is 0 Å². The SMILES string of the molecule is CCNC(=NCCN1CCSCC1)N1CCC(C2(C)NC(=O)NC2=O)CC1.I. The molecule has 3 N–H and O–H groups in total. The Kier molecular flexibility index (Phi) is 9.13. The molecule has 3 heterocycles. The van der Waals surface area contributed by atoms with E-state index in [1.165, 1.54) is 11.5 Å². The molecule has 1 atom stereocenters. The van der Waals surface area contributed by atoms with Crippen molar-refractivity contribution in [2.24, 2.45) is 10.9 Å². The summed E-state index contributed by atoms with van der Waals surface area (Å²) >= 11 is 2.03. The Labute approximate surface area is 189 Å². The number of halogens is 1. The van der Waals surface area contributed by atoms with Gasteiger partial charge in [-0.2, -0.15) is 11.8 Å². The molecule has 3 rings (SSSR count). The number of carbonyl (C=O) groups is 2. The maximum Gasteiger partial charge on any atom is 0.322 e.